The molecule has 0 fully saturated rings. The second-order valence-corrected chi connectivity index (χ2v) is 5.38. The summed E-state index contributed by atoms with van der Waals surface area (Å²) in [5.41, 5.74) is 1.73. The Morgan fingerprint density at radius 1 is 1.37 bits per heavy atom. The standard InChI is InChI=1S/C15H20ClNO2/c1-10(2)11(3)17(4)13-7-5-12(14(16)9-13)6-8-15(18)19/h5-11H,1-4H3,(H,18,19)/b8-6+. The molecule has 3 nitrogen and oxygen atoms in total. The van der Waals surface area contributed by atoms with Gasteiger partial charge in [0.05, 0.1) is 0 Å². The first kappa shape index (κ1) is 15.6. The van der Waals surface area contributed by atoms with Crippen LogP contribution in [0.1, 0.15) is 26.3 Å². The molecule has 4 heteroatoms. The summed E-state index contributed by atoms with van der Waals surface area (Å²) in [7, 11) is 2.03. The van der Waals surface area contributed by atoms with Gasteiger partial charge in [-0.3, -0.25) is 0 Å². The lowest BCUT2D eigenvalue weighted by atomic mass is 10.0. The van der Waals surface area contributed by atoms with E-state index in [4.69, 9.17) is 16.7 Å². The number of carboxylic acid groups (broad SMARTS) is 1. The van der Waals surface area contributed by atoms with Crippen molar-refractivity contribution in [1.82, 2.24) is 0 Å². The van der Waals surface area contributed by atoms with E-state index in [1.807, 2.05) is 25.2 Å². The van der Waals surface area contributed by atoms with Gasteiger partial charge in [0.15, 0.2) is 0 Å². The van der Waals surface area contributed by atoms with Gasteiger partial charge < -0.3 is 10.0 Å². The number of benzene rings is 1. The normalized spacial score (nSPS) is 12.9. The van der Waals surface area contributed by atoms with Crippen molar-refractivity contribution in [3.8, 4) is 0 Å². The molecule has 0 aliphatic carbocycles. The van der Waals surface area contributed by atoms with Crippen LogP contribution in [-0.2, 0) is 4.79 Å². The summed E-state index contributed by atoms with van der Waals surface area (Å²) in [5.74, 6) is -0.443. The quantitative estimate of drug-likeness (QED) is 0.832. The molecule has 0 aliphatic heterocycles. The highest BCUT2D eigenvalue weighted by molar-refractivity contribution is 6.32. The Labute approximate surface area is 119 Å². The lowest BCUT2D eigenvalue weighted by molar-refractivity contribution is -0.131. The van der Waals surface area contributed by atoms with Crippen LogP contribution in [0.2, 0.25) is 5.02 Å². The van der Waals surface area contributed by atoms with E-state index in [0.29, 0.717) is 22.5 Å². The molecule has 0 bridgehead atoms. The SMILES string of the molecule is CC(C)C(C)N(C)c1ccc(/C=C/C(=O)O)c(Cl)c1. The number of halogens is 1. The molecule has 19 heavy (non-hydrogen) atoms. The Balaban J connectivity index is 2.96. The Morgan fingerprint density at radius 3 is 2.47 bits per heavy atom. The Morgan fingerprint density at radius 2 is 2.00 bits per heavy atom. The van der Waals surface area contributed by atoms with Gasteiger partial charge in [0.2, 0.25) is 0 Å². The first-order chi connectivity index (χ1) is 8.82. The van der Waals surface area contributed by atoms with Gasteiger partial charge >= 0.3 is 5.97 Å². The summed E-state index contributed by atoms with van der Waals surface area (Å²) in [6.07, 6.45) is 2.58. The molecule has 0 radical (unpaired) electrons. The zero-order chi connectivity index (χ0) is 14.6. The van der Waals surface area contributed by atoms with Crippen molar-refractivity contribution in [2.24, 2.45) is 5.92 Å². The summed E-state index contributed by atoms with van der Waals surface area (Å²) >= 11 is 6.17. The number of hydrogen-bond acceptors (Lipinski definition) is 2. The highest BCUT2D eigenvalue weighted by Crippen LogP contribution is 2.26. The van der Waals surface area contributed by atoms with Crippen molar-refractivity contribution in [3.63, 3.8) is 0 Å². The van der Waals surface area contributed by atoms with Gasteiger partial charge in [-0.25, -0.2) is 4.79 Å². The second kappa shape index (κ2) is 6.62. The van der Waals surface area contributed by atoms with Crippen LogP contribution < -0.4 is 4.90 Å². The molecule has 1 aromatic carbocycles. The van der Waals surface area contributed by atoms with E-state index in [2.05, 4.69) is 25.7 Å². The maximum absolute atomic E-state index is 10.5. The van der Waals surface area contributed by atoms with Crippen LogP contribution in [0, 0.1) is 5.92 Å². The number of carboxylic acids is 1. The van der Waals surface area contributed by atoms with Crippen LogP contribution in [0.5, 0.6) is 0 Å². The van der Waals surface area contributed by atoms with Crippen molar-refractivity contribution < 1.29 is 9.90 Å². The molecular formula is C15H20ClNO2. The van der Waals surface area contributed by atoms with E-state index in [9.17, 15) is 4.79 Å². The summed E-state index contributed by atoms with van der Waals surface area (Å²) in [5, 5.41) is 9.16. The largest absolute Gasteiger partial charge is 0.478 e. The van der Waals surface area contributed by atoms with E-state index in [1.165, 1.54) is 6.08 Å². The lowest BCUT2D eigenvalue weighted by Gasteiger charge is -2.30. The first-order valence-electron chi connectivity index (χ1n) is 6.26. The van der Waals surface area contributed by atoms with Crippen LogP contribution >= 0.6 is 11.6 Å². The smallest absolute Gasteiger partial charge is 0.328 e. The van der Waals surface area contributed by atoms with Crippen molar-refractivity contribution in [3.05, 3.63) is 34.9 Å². The third-order valence-corrected chi connectivity index (χ3v) is 3.70. The Bertz CT molecular complexity index is 483. The molecule has 1 atom stereocenters. The van der Waals surface area contributed by atoms with Crippen LogP contribution in [0.25, 0.3) is 6.08 Å². The molecule has 104 valence electrons. The topological polar surface area (TPSA) is 40.5 Å². The highest BCUT2D eigenvalue weighted by atomic mass is 35.5. The van der Waals surface area contributed by atoms with E-state index in [0.717, 1.165) is 11.8 Å². The number of hydrogen-bond donors (Lipinski definition) is 1. The van der Waals surface area contributed by atoms with Crippen molar-refractivity contribution in [2.45, 2.75) is 26.8 Å². The molecule has 1 aromatic rings. The number of nitrogens with zero attached hydrogens (tertiary/aromatic N) is 1. The molecule has 0 amide bonds. The van der Waals surface area contributed by atoms with Gasteiger partial charge in [-0.15, -0.1) is 0 Å². The Kier molecular flexibility index (Phi) is 5.43. The van der Waals surface area contributed by atoms with Crippen molar-refractivity contribution in [1.29, 1.82) is 0 Å². The second-order valence-electron chi connectivity index (χ2n) is 4.97. The van der Waals surface area contributed by atoms with Gasteiger partial charge in [0.1, 0.15) is 0 Å². The zero-order valence-corrected chi connectivity index (χ0v) is 12.5. The van der Waals surface area contributed by atoms with Gasteiger partial charge in [-0.1, -0.05) is 31.5 Å². The molecule has 0 spiro atoms. The number of aliphatic carboxylic acids is 1. The fraction of sp³-hybridized carbons (Fsp3) is 0.400. The third-order valence-electron chi connectivity index (χ3n) is 3.37. The average Bonchev–Trinajstić information content (AvgIpc) is 2.35. The summed E-state index contributed by atoms with van der Waals surface area (Å²) in [6, 6.07) is 6.05. The predicted octanol–water partition coefficient (Wildman–Crippen LogP) is 3.92. The minimum Gasteiger partial charge on any atom is -0.478 e. The maximum Gasteiger partial charge on any atom is 0.328 e. The summed E-state index contributed by atoms with van der Waals surface area (Å²) < 4.78 is 0. The fourth-order valence-electron chi connectivity index (χ4n) is 1.71. The first-order valence-corrected chi connectivity index (χ1v) is 6.64. The molecule has 1 unspecified atom stereocenters. The van der Waals surface area contributed by atoms with E-state index in [1.54, 1.807) is 0 Å². The third kappa shape index (κ3) is 4.28. The van der Waals surface area contributed by atoms with Gasteiger partial charge in [0.25, 0.3) is 0 Å². The average molecular weight is 282 g/mol. The maximum atomic E-state index is 10.5. The van der Waals surface area contributed by atoms with Crippen molar-refractivity contribution >= 4 is 29.3 Å². The van der Waals surface area contributed by atoms with Crippen molar-refractivity contribution in [2.75, 3.05) is 11.9 Å². The van der Waals surface area contributed by atoms with Crippen LogP contribution in [-0.4, -0.2) is 24.2 Å². The molecule has 0 saturated heterocycles. The number of anilines is 1. The summed E-state index contributed by atoms with van der Waals surface area (Å²) in [4.78, 5) is 12.7. The molecular weight excluding hydrogens is 262 g/mol. The predicted molar refractivity (Wildman–Crippen MR) is 80.8 cm³/mol. The minimum atomic E-state index is -0.981. The van der Waals surface area contributed by atoms with Gasteiger partial charge in [-0.05, 0) is 36.6 Å². The molecule has 0 aliphatic rings. The van der Waals surface area contributed by atoms with Crippen LogP contribution in [0.15, 0.2) is 24.3 Å². The zero-order valence-electron chi connectivity index (χ0n) is 11.7. The minimum absolute atomic E-state index is 0.400. The lowest BCUT2D eigenvalue weighted by Crippen LogP contribution is -2.33. The summed E-state index contributed by atoms with van der Waals surface area (Å²) in [6.45, 7) is 6.51. The van der Waals surface area contributed by atoms with Crippen LogP contribution in [0.4, 0.5) is 5.69 Å². The van der Waals surface area contributed by atoms with E-state index in [-0.39, 0.29) is 0 Å². The molecule has 0 aromatic heterocycles. The highest BCUT2D eigenvalue weighted by Gasteiger charge is 2.14. The monoisotopic (exact) mass is 281 g/mol. The molecule has 1 rings (SSSR count). The van der Waals surface area contributed by atoms with Crippen LogP contribution in [0.3, 0.4) is 0 Å². The van der Waals surface area contributed by atoms with E-state index < -0.39 is 5.97 Å². The number of rotatable bonds is 5. The molecule has 0 saturated carbocycles. The fourth-order valence-corrected chi connectivity index (χ4v) is 1.95. The Hall–Kier alpha value is -1.48. The number of carbonyl (C=O) groups is 1. The van der Waals surface area contributed by atoms with Gasteiger partial charge in [0, 0.05) is 29.9 Å². The van der Waals surface area contributed by atoms with Gasteiger partial charge in [-0.2, -0.15) is 0 Å². The van der Waals surface area contributed by atoms with E-state index >= 15 is 0 Å². The molecule has 1 N–H and O–H groups in total. The molecule has 0 heterocycles.